The third-order valence-electron chi connectivity index (χ3n) is 3.64. The molecule has 2 aromatic carbocycles. The molecule has 0 saturated carbocycles. The predicted molar refractivity (Wildman–Crippen MR) is 96.0 cm³/mol. The van der Waals surface area contributed by atoms with E-state index in [1.807, 2.05) is 0 Å². The minimum absolute atomic E-state index is 0.324. The molecule has 2 aromatic rings. The van der Waals surface area contributed by atoms with E-state index in [9.17, 15) is 9.59 Å². The molecule has 7 nitrogen and oxygen atoms in total. The molecule has 0 aliphatic heterocycles. The minimum atomic E-state index is -1.000. The van der Waals surface area contributed by atoms with Gasteiger partial charge in [0.2, 0.25) is 0 Å². The van der Waals surface area contributed by atoms with Crippen LogP contribution in [0.5, 0.6) is 17.2 Å². The van der Waals surface area contributed by atoms with Gasteiger partial charge in [0.1, 0.15) is 17.2 Å². The van der Waals surface area contributed by atoms with E-state index in [4.69, 9.17) is 18.9 Å². The van der Waals surface area contributed by atoms with E-state index in [0.717, 1.165) is 0 Å². The number of hydrogen-bond acceptors (Lipinski definition) is 6. The van der Waals surface area contributed by atoms with Gasteiger partial charge in [-0.15, -0.1) is 0 Å². The fourth-order valence-corrected chi connectivity index (χ4v) is 2.16. The van der Waals surface area contributed by atoms with Gasteiger partial charge < -0.3 is 24.3 Å². The normalized spacial score (nSPS) is 11.2. The molecule has 138 valence electrons. The highest BCUT2D eigenvalue weighted by atomic mass is 16.5. The van der Waals surface area contributed by atoms with Crippen molar-refractivity contribution in [1.29, 1.82) is 0 Å². The van der Waals surface area contributed by atoms with Crippen LogP contribution in [0, 0.1) is 0 Å². The highest BCUT2D eigenvalue weighted by Crippen LogP contribution is 2.29. The summed E-state index contributed by atoms with van der Waals surface area (Å²) in [5, 5.41) is 2.67. The molecule has 0 spiro atoms. The molecular formula is C19H21NO6. The van der Waals surface area contributed by atoms with Crippen molar-refractivity contribution in [3.8, 4) is 17.2 Å². The van der Waals surface area contributed by atoms with Crippen LogP contribution in [0.2, 0.25) is 0 Å². The molecule has 0 heterocycles. The van der Waals surface area contributed by atoms with Gasteiger partial charge >= 0.3 is 5.97 Å². The fraction of sp³-hybridized carbons (Fsp3) is 0.263. The fourth-order valence-electron chi connectivity index (χ4n) is 2.16. The van der Waals surface area contributed by atoms with Crippen molar-refractivity contribution in [3.05, 3.63) is 48.0 Å². The SMILES string of the molecule is COc1ccc(C(=O)OC(C)C(=O)Nc2cc(OC)ccc2OC)cc1. The van der Waals surface area contributed by atoms with Crippen LogP contribution in [0.15, 0.2) is 42.5 Å². The third kappa shape index (κ3) is 4.66. The van der Waals surface area contributed by atoms with E-state index in [-0.39, 0.29) is 0 Å². The lowest BCUT2D eigenvalue weighted by Crippen LogP contribution is -2.30. The second-order valence-corrected chi connectivity index (χ2v) is 5.33. The lowest BCUT2D eigenvalue weighted by molar-refractivity contribution is -0.123. The molecule has 1 unspecified atom stereocenters. The second kappa shape index (κ2) is 8.75. The smallest absolute Gasteiger partial charge is 0.338 e. The van der Waals surface area contributed by atoms with Crippen molar-refractivity contribution in [3.63, 3.8) is 0 Å². The van der Waals surface area contributed by atoms with Gasteiger partial charge in [0.25, 0.3) is 5.91 Å². The monoisotopic (exact) mass is 359 g/mol. The summed E-state index contributed by atoms with van der Waals surface area (Å²) in [5.41, 5.74) is 0.744. The summed E-state index contributed by atoms with van der Waals surface area (Å²) in [5.74, 6) is 0.556. The first-order valence-corrected chi connectivity index (χ1v) is 7.86. The van der Waals surface area contributed by atoms with Crippen molar-refractivity contribution in [2.45, 2.75) is 13.0 Å². The molecule has 0 saturated heterocycles. The number of rotatable bonds is 7. The van der Waals surface area contributed by atoms with Gasteiger partial charge in [-0.25, -0.2) is 4.79 Å². The van der Waals surface area contributed by atoms with Crippen molar-refractivity contribution in [1.82, 2.24) is 0 Å². The Labute approximate surface area is 151 Å². The summed E-state index contributed by atoms with van der Waals surface area (Å²) in [6, 6.07) is 11.4. The van der Waals surface area contributed by atoms with Gasteiger partial charge in [0.15, 0.2) is 6.10 Å². The first kappa shape index (κ1) is 19.1. The van der Waals surface area contributed by atoms with Crippen molar-refractivity contribution >= 4 is 17.6 Å². The summed E-state index contributed by atoms with van der Waals surface area (Å²) in [6.07, 6.45) is -1.000. The number of nitrogens with one attached hydrogen (secondary N) is 1. The van der Waals surface area contributed by atoms with Crippen LogP contribution in [0.3, 0.4) is 0 Å². The number of amides is 1. The molecule has 0 radical (unpaired) electrons. The number of esters is 1. The molecule has 26 heavy (non-hydrogen) atoms. The van der Waals surface area contributed by atoms with E-state index < -0.39 is 18.0 Å². The van der Waals surface area contributed by atoms with Gasteiger partial charge in [0.05, 0.1) is 32.6 Å². The quantitative estimate of drug-likeness (QED) is 0.766. The zero-order valence-corrected chi connectivity index (χ0v) is 15.1. The molecule has 1 amide bonds. The van der Waals surface area contributed by atoms with Crippen LogP contribution >= 0.6 is 0 Å². The molecule has 1 atom stereocenters. The molecule has 0 aromatic heterocycles. The zero-order chi connectivity index (χ0) is 19.1. The maximum absolute atomic E-state index is 12.3. The maximum atomic E-state index is 12.3. The predicted octanol–water partition coefficient (Wildman–Crippen LogP) is 2.90. The molecule has 0 bridgehead atoms. The Morgan fingerprint density at radius 3 is 2.08 bits per heavy atom. The molecular weight excluding hydrogens is 338 g/mol. The van der Waals surface area contributed by atoms with Crippen LogP contribution in [-0.4, -0.2) is 39.3 Å². The number of benzene rings is 2. The minimum Gasteiger partial charge on any atom is -0.497 e. The van der Waals surface area contributed by atoms with Crippen LogP contribution in [0.25, 0.3) is 0 Å². The van der Waals surface area contributed by atoms with E-state index in [1.54, 1.807) is 42.5 Å². The van der Waals surface area contributed by atoms with Crippen LogP contribution < -0.4 is 19.5 Å². The van der Waals surface area contributed by atoms with E-state index in [2.05, 4.69) is 5.32 Å². The molecule has 0 fully saturated rings. The van der Waals surface area contributed by atoms with Crippen molar-refractivity contribution in [2.24, 2.45) is 0 Å². The van der Waals surface area contributed by atoms with Gasteiger partial charge in [-0.05, 0) is 43.3 Å². The Morgan fingerprint density at radius 1 is 0.885 bits per heavy atom. The molecule has 7 heteroatoms. The van der Waals surface area contributed by atoms with E-state index >= 15 is 0 Å². The Bertz CT molecular complexity index is 772. The zero-order valence-electron chi connectivity index (χ0n) is 15.1. The van der Waals surface area contributed by atoms with E-state index in [1.165, 1.54) is 28.3 Å². The van der Waals surface area contributed by atoms with Gasteiger partial charge in [-0.1, -0.05) is 0 Å². The van der Waals surface area contributed by atoms with Gasteiger partial charge in [0, 0.05) is 6.07 Å². The average Bonchev–Trinajstić information content (AvgIpc) is 2.67. The number of carbonyl (C=O) groups is 2. The molecule has 0 aliphatic rings. The Morgan fingerprint density at radius 2 is 1.50 bits per heavy atom. The Kier molecular flexibility index (Phi) is 6.43. The summed E-state index contributed by atoms with van der Waals surface area (Å²) < 4.78 is 20.6. The average molecular weight is 359 g/mol. The Hall–Kier alpha value is -3.22. The van der Waals surface area contributed by atoms with Crippen molar-refractivity contribution < 1.29 is 28.5 Å². The number of anilines is 1. The lowest BCUT2D eigenvalue weighted by atomic mass is 10.2. The summed E-state index contributed by atoms with van der Waals surface area (Å²) in [7, 11) is 4.55. The number of hydrogen-bond donors (Lipinski definition) is 1. The summed E-state index contributed by atoms with van der Waals surface area (Å²) in [4.78, 5) is 24.5. The topological polar surface area (TPSA) is 83.1 Å². The molecule has 0 aliphatic carbocycles. The first-order chi connectivity index (χ1) is 12.5. The summed E-state index contributed by atoms with van der Waals surface area (Å²) >= 11 is 0. The highest BCUT2D eigenvalue weighted by molar-refractivity contribution is 5.98. The molecule has 1 N–H and O–H groups in total. The summed E-state index contributed by atoms with van der Waals surface area (Å²) in [6.45, 7) is 1.49. The van der Waals surface area contributed by atoms with Crippen LogP contribution in [0.1, 0.15) is 17.3 Å². The Balaban J connectivity index is 2.04. The van der Waals surface area contributed by atoms with Gasteiger partial charge in [-0.2, -0.15) is 0 Å². The maximum Gasteiger partial charge on any atom is 0.338 e. The second-order valence-electron chi connectivity index (χ2n) is 5.33. The van der Waals surface area contributed by atoms with Crippen LogP contribution in [0.4, 0.5) is 5.69 Å². The first-order valence-electron chi connectivity index (χ1n) is 7.86. The van der Waals surface area contributed by atoms with Crippen molar-refractivity contribution in [2.75, 3.05) is 26.6 Å². The highest BCUT2D eigenvalue weighted by Gasteiger charge is 2.20. The van der Waals surface area contributed by atoms with E-state index in [0.29, 0.717) is 28.5 Å². The number of methoxy groups -OCH3 is 3. The number of ether oxygens (including phenoxy) is 4. The van der Waals surface area contributed by atoms with Crippen LogP contribution in [-0.2, 0) is 9.53 Å². The lowest BCUT2D eigenvalue weighted by Gasteiger charge is -2.16. The third-order valence-corrected chi connectivity index (χ3v) is 3.64. The number of carbonyl (C=O) groups excluding carboxylic acids is 2. The standard InChI is InChI=1S/C19H21NO6/c1-12(26-19(22)13-5-7-14(23-2)8-6-13)18(21)20-16-11-15(24-3)9-10-17(16)25-4/h5-12H,1-4H3,(H,20,21). The largest absolute Gasteiger partial charge is 0.497 e. The van der Waals surface area contributed by atoms with Gasteiger partial charge in [-0.3, -0.25) is 4.79 Å². The molecule has 2 rings (SSSR count).